The number of hydrogen-bond acceptors (Lipinski definition) is 4. The van der Waals surface area contributed by atoms with Crippen molar-refractivity contribution in [2.75, 3.05) is 7.11 Å². The Balaban J connectivity index is 2.44. The van der Waals surface area contributed by atoms with Gasteiger partial charge in [-0.1, -0.05) is 6.07 Å². The number of aryl methyl sites for hydroxylation is 2. The van der Waals surface area contributed by atoms with E-state index in [-0.39, 0.29) is 0 Å². The van der Waals surface area contributed by atoms with E-state index in [4.69, 9.17) is 4.74 Å². The smallest absolute Gasteiger partial charge is 0.143 e. The molecule has 4 nitrogen and oxygen atoms in total. The van der Waals surface area contributed by atoms with Crippen LogP contribution in [-0.2, 0) is 0 Å². The van der Waals surface area contributed by atoms with Crippen LogP contribution in [-0.4, -0.2) is 22.2 Å². The molecule has 1 unspecified atom stereocenters. The number of aromatic nitrogens is 2. The van der Waals surface area contributed by atoms with Gasteiger partial charge in [0.25, 0.3) is 0 Å². The average molecular weight is 244 g/mol. The lowest BCUT2D eigenvalue weighted by atomic mass is 10.1. The number of ether oxygens (including phenoxy) is 1. The van der Waals surface area contributed by atoms with Crippen LogP contribution in [0.15, 0.2) is 30.6 Å². The van der Waals surface area contributed by atoms with E-state index in [1.165, 1.54) is 0 Å². The predicted molar refractivity (Wildman–Crippen MR) is 68.6 cm³/mol. The van der Waals surface area contributed by atoms with E-state index in [0.29, 0.717) is 17.1 Å². The van der Waals surface area contributed by atoms with Gasteiger partial charge in [-0.2, -0.15) is 0 Å². The van der Waals surface area contributed by atoms with E-state index in [1.807, 2.05) is 19.9 Å². The van der Waals surface area contributed by atoms with Crippen LogP contribution in [0.3, 0.4) is 0 Å². The van der Waals surface area contributed by atoms with E-state index in [2.05, 4.69) is 9.97 Å². The molecule has 0 fully saturated rings. The maximum atomic E-state index is 10.4. The molecular formula is C14H16N2O2. The van der Waals surface area contributed by atoms with Gasteiger partial charge in [0, 0.05) is 12.4 Å². The standard InChI is InChI=1S/C14H16N2O2/c1-9-7-10(2)12(16-8-9)14(17)13-11(18-3)5-4-6-15-13/h4-8,14,17H,1-3H3. The van der Waals surface area contributed by atoms with Crippen LogP contribution < -0.4 is 4.74 Å². The molecule has 94 valence electrons. The summed E-state index contributed by atoms with van der Waals surface area (Å²) in [6.07, 6.45) is 2.49. The van der Waals surface area contributed by atoms with E-state index >= 15 is 0 Å². The second-order valence-electron chi connectivity index (χ2n) is 4.21. The molecule has 0 radical (unpaired) electrons. The van der Waals surface area contributed by atoms with Gasteiger partial charge < -0.3 is 9.84 Å². The molecule has 1 N–H and O–H groups in total. The van der Waals surface area contributed by atoms with Gasteiger partial charge in [0.2, 0.25) is 0 Å². The molecule has 18 heavy (non-hydrogen) atoms. The number of aliphatic hydroxyl groups is 1. The largest absolute Gasteiger partial charge is 0.495 e. The van der Waals surface area contributed by atoms with Crippen LogP contribution in [0.1, 0.15) is 28.6 Å². The zero-order chi connectivity index (χ0) is 13.1. The second kappa shape index (κ2) is 5.14. The normalized spacial score (nSPS) is 12.2. The first kappa shape index (κ1) is 12.5. The minimum atomic E-state index is -0.873. The van der Waals surface area contributed by atoms with Gasteiger partial charge in [-0.05, 0) is 37.1 Å². The maximum absolute atomic E-state index is 10.4. The highest BCUT2D eigenvalue weighted by atomic mass is 16.5. The van der Waals surface area contributed by atoms with Crippen molar-refractivity contribution in [2.45, 2.75) is 20.0 Å². The van der Waals surface area contributed by atoms with Gasteiger partial charge in [0.15, 0.2) is 0 Å². The summed E-state index contributed by atoms with van der Waals surface area (Å²) in [5.41, 5.74) is 3.10. The van der Waals surface area contributed by atoms with Gasteiger partial charge in [-0.3, -0.25) is 9.97 Å². The van der Waals surface area contributed by atoms with E-state index < -0.39 is 6.10 Å². The molecule has 0 saturated carbocycles. The summed E-state index contributed by atoms with van der Waals surface area (Å²) in [6, 6.07) is 5.53. The third-order valence-electron chi connectivity index (χ3n) is 2.79. The van der Waals surface area contributed by atoms with Crippen molar-refractivity contribution in [3.05, 3.63) is 53.1 Å². The Morgan fingerprint density at radius 3 is 2.67 bits per heavy atom. The molecule has 0 aromatic carbocycles. The summed E-state index contributed by atoms with van der Waals surface area (Å²) in [5.74, 6) is 0.562. The third kappa shape index (κ3) is 2.33. The predicted octanol–water partition coefficient (Wildman–Crippen LogP) is 2.18. The fourth-order valence-corrected chi connectivity index (χ4v) is 1.92. The summed E-state index contributed by atoms with van der Waals surface area (Å²) in [7, 11) is 1.56. The van der Waals surface area contributed by atoms with E-state index in [0.717, 1.165) is 11.1 Å². The van der Waals surface area contributed by atoms with Crippen LogP contribution in [0.25, 0.3) is 0 Å². The Labute approximate surface area is 106 Å². The molecule has 0 aliphatic carbocycles. The van der Waals surface area contributed by atoms with Crippen molar-refractivity contribution in [3.63, 3.8) is 0 Å². The minimum absolute atomic E-state index is 0.486. The van der Waals surface area contributed by atoms with E-state index in [9.17, 15) is 5.11 Å². The van der Waals surface area contributed by atoms with Crippen molar-refractivity contribution >= 4 is 0 Å². The lowest BCUT2D eigenvalue weighted by Crippen LogP contribution is -2.08. The summed E-state index contributed by atoms with van der Waals surface area (Å²) < 4.78 is 5.20. The second-order valence-corrected chi connectivity index (χ2v) is 4.21. The molecule has 4 heteroatoms. The van der Waals surface area contributed by atoms with Gasteiger partial charge >= 0.3 is 0 Å². The Hall–Kier alpha value is -1.94. The van der Waals surface area contributed by atoms with Crippen LogP contribution in [0.4, 0.5) is 0 Å². The molecule has 0 saturated heterocycles. The Morgan fingerprint density at radius 2 is 2.00 bits per heavy atom. The Bertz CT molecular complexity index is 555. The fraction of sp³-hybridized carbons (Fsp3) is 0.286. The SMILES string of the molecule is COc1cccnc1C(O)c1ncc(C)cc1C. The first-order valence-electron chi connectivity index (χ1n) is 5.73. The van der Waals surface area contributed by atoms with Crippen molar-refractivity contribution in [2.24, 2.45) is 0 Å². The summed E-state index contributed by atoms with van der Waals surface area (Å²) in [4.78, 5) is 8.46. The first-order chi connectivity index (χ1) is 8.63. The zero-order valence-electron chi connectivity index (χ0n) is 10.7. The molecule has 2 heterocycles. The highest BCUT2D eigenvalue weighted by Crippen LogP contribution is 2.28. The van der Waals surface area contributed by atoms with Crippen molar-refractivity contribution < 1.29 is 9.84 Å². The lowest BCUT2D eigenvalue weighted by molar-refractivity contribution is 0.203. The van der Waals surface area contributed by atoms with Gasteiger partial charge in [-0.25, -0.2) is 0 Å². The zero-order valence-corrected chi connectivity index (χ0v) is 10.7. The molecule has 0 aliphatic heterocycles. The van der Waals surface area contributed by atoms with Gasteiger partial charge in [0.05, 0.1) is 12.8 Å². The van der Waals surface area contributed by atoms with Crippen LogP contribution in [0, 0.1) is 13.8 Å². The van der Waals surface area contributed by atoms with Crippen LogP contribution in [0.5, 0.6) is 5.75 Å². The molecule has 0 bridgehead atoms. The van der Waals surface area contributed by atoms with Crippen molar-refractivity contribution in [1.82, 2.24) is 9.97 Å². The maximum Gasteiger partial charge on any atom is 0.143 e. The van der Waals surface area contributed by atoms with Crippen molar-refractivity contribution in [3.8, 4) is 5.75 Å². The molecule has 0 amide bonds. The fourth-order valence-electron chi connectivity index (χ4n) is 1.92. The number of aliphatic hydroxyl groups excluding tert-OH is 1. The minimum Gasteiger partial charge on any atom is -0.495 e. The lowest BCUT2D eigenvalue weighted by Gasteiger charge is -2.15. The van der Waals surface area contributed by atoms with Gasteiger partial charge in [0.1, 0.15) is 17.5 Å². The monoisotopic (exact) mass is 244 g/mol. The number of rotatable bonds is 3. The summed E-state index contributed by atoms with van der Waals surface area (Å²) >= 11 is 0. The number of hydrogen-bond donors (Lipinski definition) is 1. The molecule has 1 atom stereocenters. The number of methoxy groups -OCH3 is 1. The summed E-state index contributed by atoms with van der Waals surface area (Å²) in [6.45, 7) is 3.89. The molecule has 0 spiro atoms. The molecule has 2 rings (SSSR count). The Kier molecular flexibility index (Phi) is 3.58. The topological polar surface area (TPSA) is 55.2 Å². The van der Waals surface area contributed by atoms with Crippen LogP contribution >= 0.6 is 0 Å². The molecule has 0 aliphatic rings. The number of nitrogens with zero attached hydrogens (tertiary/aromatic N) is 2. The molecule has 2 aromatic heterocycles. The van der Waals surface area contributed by atoms with E-state index in [1.54, 1.807) is 31.6 Å². The average Bonchev–Trinajstić information content (AvgIpc) is 2.38. The van der Waals surface area contributed by atoms with Crippen LogP contribution in [0.2, 0.25) is 0 Å². The highest BCUT2D eigenvalue weighted by molar-refractivity contribution is 5.36. The van der Waals surface area contributed by atoms with Crippen molar-refractivity contribution in [1.29, 1.82) is 0 Å². The Morgan fingerprint density at radius 1 is 1.22 bits per heavy atom. The quantitative estimate of drug-likeness (QED) is 0.899. The summed E-state index contributed by atoms with van der Waals surface area (Å²) in [5, 5.41) is 10.4. The third-order valence-corrected chi connectivity index (χ3v) is 2.79. The number of pyridine rings is 2. The van der Waals surface area contributed by atoms with Gasteiger partial charge in [-0.15, -0.1) is 0 Å². The first-order valence-corrected chi connectivity index (χ1v) is 5.73. The highest BCUT2D eigenvalue weighted by Gasteiger charge is 2.19. The molecule has 2 aromatic rings. The molecular weight excluding hydrogens is 228 g/mol.